The minimum atomic E-state index is 1.11. The predicted octanol–water partition coefficient (Wildman–Crippen LogP) is 13.7. The van der Waals surface area contributed by atoms with Crippen LogP contribution in [0.25, 0.3) is 64.3 Å². The van der Waals surface area contributed by atoms with Crippen LogP contribution in [-0.2, 0) is 0 Å². The lowest BCUT2D eigenvalue weighted by atomic mass is 9.95. The fourth-order valence-corrected chi connectivity index (χ4v) is 8.26. The molecular formula is C46H31NS. The third kappa shape index (κ3) is 4.86. The van der Waals surface area contributed by atoms with Crippen LogP contribution in [0, 0.1) is 0 Å². The molecule has 0 atom stereocenters. The average molecular weight is 630 g/mol. The van der Waals surface area contributed by atoms with Gasteiger partial charge in [0.15, 0.2) is 0 Å². The Bertz CT molecular complexity index is 2570. The van der Waals surface area contributed by atoms with Crippen LogP contribution in [0.1, 0.15) is 0 Å². The highest BCUT2D eigenvalue weighted by molar-refractivity contribution is 7.25. The summed E-state index contributed by atoms with van der Waals surface area (Å²) in [6, 6.07) is 68.2. The van der Waals surface area contributed by atoms with Crippen LogP contribution in [0.4, 0.5) is 17.1 Å². The van der Waals surface area contributed by atoms with Gasteiger partial charge in [0.05, 0.1) is 11.4 Å². The van der Waals surface area contributed by atoms with Crippen molar-refractivity contribution in [2.75, 3.05) is 4.90 Å². The first kappa shape index (κ1) is 28.3. The number of anilines is 3. The van der Waals surface area contributed by atoms with Gasteiger partial charge in [0.25, 0.3) is 0 Å². The Morgan fingerprint density at radius 3 is 1.79 bits per heavy atom. The van der Waals surface area contributed by atoms with E-state index >= 15 is 0 Å². The third-order valence-electron chi connectivity index (χ3n) is 9.27. The molecular weight excluding hydrogens is 599 g/mol. The molecule has 0 aliphatic heterocycles. The Balaban J connectivity index is 1.32. The largest absolute Gasteiger partial charge is 0.309 e. The number of nitrogens with zero attached hydrogens (tertiary/aromatic N) is 1. The number of thiophene rings is 1. The Morgan fingerprint density at radius 1 is 0.354 bits per heavy atom. The lowest BCUT2D eigenvalue weighted by molar-refractivity contribution is 1.28. The summed E-state index contributed by atoms with van der Waals surface area (Å²) in [5.41, 5.74) is 10.6. The van der Waals surface area contributed by atoms with Gasteiger partial charge in [-0.05, 0) is 69.4 Å². The van der Waals surface area contributed by atoms with E-state index in [9.17, 15) is 0 Å². The second-order valence-electron chi connectivity index (χ2n) is 12.1. The van der Waals surface area contributed by atoms with E-state index in [4.69, 9.17) is 0 Å². The summed E-state index contributed by atoms with van der Waals surface area (Å²) in [7, 11) is 0. The quantitative estimate of drug-likeness (QED) is 0.177. The molecule has 48 heavy (non-hydrogen) atoms. The minimum Gasteiger partial charge on any atom is -0.309 e. The van der Waals surface area contributed by atoms with Gasteiger partial charge in [-0.15, -0.1) is 11.3 Å². The molecule has 0 fully saturated rings. The first-order chi connectivity index (χ1) is 23.8. The summed E-state index contributed by atoms with van der Waals surface area (Å²) < 4.78 is 2.61. The van der Waals surface area contributed by atoms with Gasteiger partial charge in [0, 0.05) is 37.0 Å². The zero-order valence-corrected chi connectivity index (χ0v) is 27.1. The number of hydrogen-bond acceptors (Lipinski definition) is 2. The molecule has 0 radical (unpaired) electrons. The van der Waals surface area contributed by atoms with Gasteiger partial charge < -0.3 is 4.90 Å². The Morgan fingerprint density at radius 2 is 0.917 bits per heavy atom. The molecule has 1 aromatic heterocycles. The van der Waals surface area contributed by atoms with Gasteiger partial charge >= 0.3 is 0 Å². The van der Waals surface area contributed by atoms with E-state index in [1.807, 2.05) is 11.3 Å². The highest BCUT2D eigenvalue weighted by atomic mass is 32.1. The van der Waals surface area contributed by atoms with Crippen LogP contribution in [-0.4, -0.2) is 0 Å². The summed E-state index contributed by atoms with van der Waals surface area (Å²) in [5.74, 6) is 0. The average Bonchev–Trinajstić information content (AvgIpc) is 3.55. The van der Waals surface area contributed by atoms with Crippen molar-refractivity contribution in [1.29, 1.82) is 0 Å². The molecule has 0 bridgehead atoms. The van der Waals surface area contributed by atoms with Crippen molar-refractivity contribution in [3.8, 4) is 33.4 Å². The molecule has 0 unspecified atom stereocenters. The minimum absolute atomic E-state index is 1.11. The lowest BCUT2D eigenvalue weighted by Crippen LogP contribution is -2.12. The third-order valence-corrected chi connectivity index (χ3v) is 10.4. The maximum Gasteiger partial charge on any atom is 0.0540 e. The fraction of sp³-hybridized carbons (Fsp3) is 0. The van der Waals surface area contributed by atoms with E-state index in [1.165, 1.54) is 64.3 Å². The number of fused-ring (bicyclic) bond motifs is 4. The van der Waals surface area contributed by atoms with E-state index in [0.29, 0.717) is 0 Å². The van der Waals surface area contributed by atoms with Crippen molar-refractivity contribution >= 4 is 59.3 Å². The Hall–Kier alpha value is -5.96. The normalized spacial score (nSPS) is 11.3. The standard InChI is InChI=1S/C46H31NS/c1-2-15-33(16-3-1)38-22-6-9-27-42(38)47(35-20-12-19-34(31-35)37-25-13-18-32-17-4-5-21-36(32)37)43-28-10-7-23-39(43)40-26-14-30-45-46(40)41-24-8-11-29-44(41)48-45/h1-31H. The zero-order chi connectivity index (χ0) is 31.9. The van der Waals surface area contributed by atoms with E-state index in [1.54, 1.807) is 0 Å². The van der Waals surface area contributed by atoms with Crippen LogP contribution < -0.4 is 4.90 Å². The maximum absolute atomic E-state index is 2.46. The van der Waals surface area contributed by atoms with E-state index in [0.717, 1.165) is 17.1 Å². The predicted molar refractivity (Wildman–Crippen MR) is 208 cm³/mol. The van der Waals surface area contributed by atoms with E-state index in [-0.39, 0.29) is 0 Å². The molecule has 0 aliphatic carbocycles. The highest BCUT2D eigenvalue weighted by Crippen LogP contribution is 2.48. The van der Waals surface area contributed by atoms with Gasteiger partial charge in [0.1, 0.15) is 0 Å². The number of rotatable bonds is 6. The summed E-state index contributed by atoms with van der Waals surface area (Å²) in [5, 5.41) is 5.11. The van der Waals surface area contributed by atoms with Crippen molar-refractivity contribution in [1.82, 2.24) is 0 Å². The van der Waals surface area contributed by atoms with E-state index in [2.05, 4.69) is 193 Å². The van der Waals surface area contributed by atoms with Gasteiger partial charge in [-0.25, -0.2) is 0 Å². The maximum atomic E-state index is 2.46. The molecule has 9 rings (SSSR count). The van der Waals surface area contributed by atoms with Crippen LogP contribution in [0.2, 0.25) is 0 Å². The van der Waals surface area contributed by atoms with Gasteiger partial charge in [0.2, 0.25) is 0 Å². The zero-order valence-electron chi connectivity index (χ0n) is 26.3. The molecule has 0 spiro atoms. The van der Waals surface area contributed by atoms with E-state index < -0.39 is 0 Å². The topological polar surface area (TPSA) is 3.24 Å². The van der Waals surface area contributed by atoms with Crippen LogP contribution in [0.5, 0.6) is 0 Å². The first-order valence-electron chi connectivity index (χ1n) is 16.4. The Kier molecular flexibility index (Phi) is 7.07. The molecule has 9 aromatic rings. The van der Waals surface area contributed by atoms with Crippen LogP contribution in [0.3, 0.4) is 0 Å². The van der Waals surface area contributed by atoms with Crippen molar-refractivity contribution in [2.24, 2.45) is 0 Å². The second-order valence-corrected chi connectivity index (χ2v) is 13.2. The molecule has 1 heterocycles. The molecule has 1 nitrogen and oxygen atoms in total. The van der Waals surface area contributed by atoms with Crippen molar-refractivity contribution in [2.45, 2.75) is 0 Å². The Labute approximate surface area is 284 Å². The van der Waals surface area contributed by atoms with Gasteiger partial charge in [-0.2, -0.15) is 0 Å². The summed E-state index contributed by atoms with van der Waals surface area (Å²) in [6.45, 7) is 0. The summed E-state index contributed by atoms with van der Waals surface area (Å²) in [4.78, 5) is 2.46. The van der Waals surface area contributed by atoms with Crippen LogP contribution in [0.15, 0.2) is 188 Å². The molecule has 0 aliphatic rings. The van der Waals surface area contributed by atoms with Crippen LogP contribution >= 0.6 is 11.3 Å². The molecule has 0 saturated heterocycles. The van der Waals surface area contributed by atoms with Gasteiger partial charge in [-0.3, -0.25) is 0 Å². The first-order valence-corrected chi connectivity index (χ1v) is 17.2. The van der Waals surface area contributed by atoms with Gasteiger partial charge in [-0.1, -0.05) is 152 Å². The highest BCUT2D eigenvalue weighted by Gasteiger charge is 2.22. The number of benzene rings is 8. The molecule has 0 amide bonds. The van der Waals surface area contributed by atoms with Crippen molar-refractivity contribution in [3.05, 3.63) is 188 Å². The van der Waals surface area contributed by atoms with Crippen molar-refractivity contribution < 1.29 is 0 Å². The molecule has 2 heteroatoms. The SMILES string of the molecule is c1ccc(-c2ccccc2N(c2cccc(-c3cccc4ccccc34)c2)c2ccccc2-c2cccc3sc4ccccc4c23)cc1. The molecule has 0 saturated carbocycles. The number of hydrogen-bond donors (Lipinski definition) is 0. The second kappa shape index (κ2) is 12.0. The summed E-state index contributed by atoms with van der Waals surface area (Å²) in [6.07, 6.45) is 0. The lowest BCUT2D eigenvalue weighted by Gasteiger charge is -2.30. The summed E-state index contributed by atoms with van der Waals surface area (Å²) >= 11 is 1.86. The monoisotopic (exact) mass is 629 g/mol. The molecule has 8 aromatic carbocycles. The van der Waals surface area contributed by atoms with Crippen molar-refractivity contribution in [3.63, 3.8) is 0 Å². The fourth-order valence-electron chi connectivity index (χ4n) is 7.12. The molecule has 0 N–H and O–H groups in total. The molecule has 226 valence electrons. The number of para-hydroxylation sites is 2. The smallest absolute Gasteiger partial charge is 0.0540 e.